The third-order valence-electron chi connectivity index (χ3n) is 4.49. The minimum Gasteiger partial charge on any atom is -0.444 e. The van der Waals surface area contributed by atoms with E-state index in [-0.39, 0.29) is 12.1 Å². The van der Waals surface area contributed by atoms with E-state index in [4.69, 9.17) is 10.00 Å². The van der Waals surface area contributed by atoms with Crippen molar-refractivity contribution in [3.63, 3.8) is 0 Å². The van der Waals surface area contributed by atoms with Crippen molar-refractivity contribution in [1.29, 1.82) is 5.26 Å². The Labute approximate surface area is 173 Å². The van der Waals surface area contributed by atoms with Gasteiger partial charge >= 0.3 is 6.09 Å². The average molecular weight is 415 g/mol. The van der Waals surface area contributed by atoms with E-state index in [0.29, 0.717) is 16.5 Å². The number of likely N-dealkylation sites (N-methyl/N-ethyl adjacent to an activating group) is 1. The summed E-state index contributed by atoms with van der Waals surface area (Å²) < 4.78 is 5.26. The second kappa shape index (κ2) is 8.82. The number of H-pyrrole nitrogens is 1. The topological polar surface area (TPSA) is 141 Å². The Kier molecular flexibility index (Phi) is 6.66. The molecule has 10 nitrogen and oxygen atoms in total. The molecule has 0 aliphatic carbocycles. The molecule has 0 aliphatic heterocycles. The van der Waals surface area contributed by atoms with E-state index in [1.807, 2.05) is 6.07 Å². The number of aromatic nitrogens is 1. The first-order valence-corrected chi connectivity index (χ1v) is 9.33. The largest absolute Gasteiger partial charge is 0.444 e. The van der Waals surface area contributed by atoms with Crippen LogP contribution in [0, 0.1) is 21.4 Å². The van der Waals surface area contributed by atoms with E-state index in [1.165, 1.54) is 24.1 Å². The van der Waals surface area contributed by atoms with Gasteiger partial charge in [-0.3, -0.25) is 14.9 Å². The van der Waals surface area contributed by atoms with Crippen molar-refractivity contribution in [3.8, 4) is 6.07 Å². The minimum atomic E-state index is -1.03. The number of carbonyl (C=O) groups is 2. The highest BCUT2D eigenvalue weighted by atomic mass is 16.6. The molecule has 2 rings (SSSR count). The molecule has 1 aromatic carbocycles. The normalized spacial score (nSPS) is 13.2. The number of benzene rings is 1. The Morgan fingerprint density at radius 3 is 2.63 bits per heavy atom. The summed E-state index contributed by atoms with van der Waals surface area (Å²) >= 11 is 0. The van der Waals surface area contributed by atoms with Crippen LogP contribution >= 0.6 is 0 Å². The number of carbonyl (C=O) groups excluding carboxylic acids is 2. The van der Waals surface area contributed by atoms with Gasteiger partial charge in [0.1, 0.15) is 17.7 Å². The maximum Gasteiger partial charge on any atom is 0.408 e. The van der Waals surface area contributed by atoms with Crippen molar-refractivity contribution in [3.05, 3.63) is 40.1 Å². The van der Waals surface area contributed by atoms with Crippen LogP contribution in [0.2, 0.25) is 0 Å². The molecule has 0 fully saturated rings. The zero-order chi connectivity index (χ0) is 22.6. The molecule has 160 valence electrons. The predicted molar refractivity (Wildman–Crippen MR) is 110 cm³/mol. The number of hydrogen-bond donors (Lipinski definition) is 2. The number of fused-ring (bicyclic) bond motifs is 1. The Balaban J connectivity index is 2.37. The number of aromatic amines is 1. The van der Waals surface area contributed by atoms with Crippen molar-refractivity contribution >= 4 is 28.6 Å². The second-order valence-electron chi connectivity index (χ2n) is 7.96. The van der Waals surface area contributed by atoms with Crippen molar-refractivity contribution in [2.45, 2.75) is 51.8 Å². The first-order chi connectivity index (χ1) is 13.9. The van der Waals surface area contributed by atoms with Gasteiger partial charge in [0.2, 0.25) is 5.91 Å². The molecular weight excluding hydrogens is 390 g/mol. The molecule has 0 bridgehead atoms. The Hall–Kier alpha value is -3.61. The predicted octanol–water partition coefficient (Wildman–Crippen LogP) is 2.88. The Morgan fingerprint density at radius 2 is 2.07 bits per heavy atom. The van der Waals surface area contributed by atoms with Crippen molar-refractivity contribution < 1.29 is 19.2 Å². The summed E-state index contributed by atoms with van der Waals surface area (Å²) in [5.41, 5.74) is 0.436. The molecule has 10 heteroatoms. The molecule has 0 aliphatic rings. The molecule has 30 heavy (non-hydrogen) atoms. The fourth-order valence-electron chi connectivity index (χ4n) is 2.84. The third kappa shape index (κ3) is 5.47. The standard InChI is InChI=1S/C20H25N5O5/c1-12(10-21)24(5)18(26)17(23-19(27)30-20(2,3)4)8-13-11-22-16-7-6-14(25(28)29)9-15(13)16/h6-7,9,11-12,17,22H,8H2,1-5H3,(H,23,27). The van der Waals surface area contributed by atoms with Crippen LogP contribution < -0.4 is 5.32 Å². The molecule has 2 aromatic rings. The number of ether oxygens (including phenoxy) is 1. The van der Waals surface area contributed by atoms with Gasteiger partial charge in [-0.05, 0) is 39.3 Å². The van der Waals surface area contributed by atoms with Gasteiger partial charge in [-0.2, -0.15) is 5.26 Å². The Bertz CT molecular complexity index is 1000. The number of hydrogen-bond acceptors (Lipinski definition) is 6. The van der Waals surface area contributed by atoms with Crippen molar-refractivity contribution in [1.82, 2.24) is 15.2 Å². The maximum atomic E-state index is 13.0. The van der Waals surface area contributed by atoms with E-state index < -0.39 is 34.6 Å². The SMILES string of the molecule is CC(C#N)N(C)C(=O)C(Cc1c[nH]c2ccc([N+](=O)[O-])cc12)NC(=O)OC(C)(C)C. The lowest BCUT2D eigenvalue weighted by molar-refractivity contribution is -0.384. The number of nitrogens with zero attached hydrogens (tertiary/aromatic N) is 3. The lowest BCUT2D eigenvalue weighted by Gasteiger charge is -2.27. The van der Waals surface area contributed by atoms with Crippen molar-refractivity contribution in [2.24, 2.45) is 0 Å². The molecule has 0 saturated heterocycles. The lowest BCUT2D eigenvalue weighted by Crippen LogP contribution is -2.51. The Morgan fingerprint density at radius 1 is 1.40 bits per heavy atom. The third-order valence-corrected chi connectivity index (χ3v) is 4.49. The number of non-ortho nitro benzene ring substituents is 1. The number of amides is 2. The van der Waals surface area contributed by atoms with Crippen LogP contribution in [0.25, 0.3) is 10.9 Å². The minimum absolute atomic E-state index is 0.0573. The van der Waals surface area contributed by atoms with E-state index in [1.54, 1.807) is 40.0 Å². The fourth-order valence-corrected chi connectivity index (χ4v) is 2.84. The summed E-state index contributed by atoms with van der Waals surface area (Å²) in [5, 5.41) is 23.4. The summed E-state index contributed by atoms with van der Waals surface area (Å²) in [6.45, 7) is 6.67. The van der Waals surface area contributed by atoms with Gasteiger partial charge in [-0.15, -0.1) is 0 Å². The summed E-state index contributed by atoms with van der Waals surface area (Å²) in [6, 6.07) is 4.63. The lowest BCUT2D eigenvalue weighted by atomic mass is 10.0. The summed E-state index contributed by atoms with van der Waals surface area (Å²) in [6.07, 6.45) is 0.922. The molecule has 0 spiro atoms. The zero-order valence-electron chi connectivity index (χ0n) is 17.6. The summed E-state index contributed by atoms with van der Waals surface area (Å²) in [7, 11) is 1.47. The van der Waals surface area contributed by atoms with Gasteiger partial charge in [0.05, 0.1) is 11.0 Å². The number of rotatable bonds is 6. The zero-order valence-corrected chi connectivity index (χ0v) is 17.6. The van der Waals surface area contributed by atoms with Gasteiger partial charge in [-0.1, -0.05) is 0 Å². The number of nitriles is 1. The highest BCUT2D eigenvalue weighted by molar-refractivity contribution is 5.89. The van der Waals surface area contributed by atoms with Gasteiger partial charge in [-0.25, -0.2) is 4.79 Å². The van der Waals surface area contributed by atoms with Gasteiger partial charge in [0, 0.05) is 42.7 Å². The number of nitro benzene ring substituents is 1. The smallest absolute Gasteiger partial charge is 0.408 e. The molecule has 2 N–H and O–H groups in total. The molecule has 1 heterocycles. The van der Waals surface area contributed by atoms with Crippen LogP contribution in [0.1, 0.15) is 33.3 Å². The van der Waals surface area contributed by atoms with E-state index in [9.17, 15) is 19.7 Å². The first-order valence-electron chi connectivity index (χ1n) is 9.33. The highest BCUT2D eigenvalue weighted by Crippen LogP contribution is 2.25. The second-order valence-corrected chi connectivity index (χ2v) is 7.96. The number of nitro groups is 1. The number of alkyl carbamates (subject to hydrolysis) is 1. The van der Waals surface area contributed by atoms with Gasteiger partial charge in [0.15, 0.2) is 0 Å². The van der Waals surface area contributed by atoms with Crippen LogP contribution in [-0.4, -0.2) is 51.5 Å². The average Bonchev–Trinajstić information content (AvgIpc) is 3.06. The monoisotopic (exact) mass is 415 g/mol. The van der Waals surface area contributed by atoms with E-state index >= 15 is 0 Å². The molecule has 0 radical (unpaired) electrons. The molecule has 2 amide bonds. The van der Waals surface area contributed by atoms with Crippen LogP contribution in [-0.2, 0) is 16.0 Å². The van der Waals surface area contributed by atoms with Gasteiger partial charge < -0.3 is 19.9 Å². The molecule has 0 saturated carbocycles. The highest BCUT2D eigenvalue weighted by Gasteiger charge is 2.29. The van der Waals surface area contributed by atoms with Crippen LogP contribution in [0.15, 0.2) is 24.4 Å². The summed E-state index contributed by atoms with van der Waals surface area (Å²) in [5.74, 6) is -0.477. The number of nitrogens with one attached hydrogen (secondary N) is 2. The quantitative estimate of drug-likeness (QED) is 0.549. The summed E-state index contributed by atoms with van der Waals surface area (Å²) in [4.78, 5) is 40.1. The fraction of sp³-hybridized carbons (Fsp3) is 0.450. The maximum absolute atomic E-state index is 13.0. The van der Waals surface area contributed by atoms with Crippen LogP contribution in [0.5, 0.6) is 0 Å². The molecular formula is C20H25N5O5. The van der Waals surface area contributed by atoms with Crippen LogP contribution in [0.3, 0.4) is 0 Å². The first kappa shape index (κ1) is 22.7. The van der Waals surface area contributed by atoms with Crippen LogP contribution in [0.4, 0.5) is 10.5 Å². The van der Waals surface area contributed by atoms with Crippen molar-refractivity contribution in [2.75, 3.05) is 7.05 Å². The van der Waals surface area contributed by atoms with E-state index in [0.717, 1.165) is 0 Å². The molecule has 2 unspecified atom stereocenters. The molecule has 2 atom stereocenters. The van der Waals surface area contributed by atoms with Gasteiger partial charge in [0.25, 0.3) is 5.69 Å². The van der Waals surface area contributed by atoms with E-state index in [2.05, 4.69) is 10.3 Å². The molecule has 1 aromatic heterocycles.